The quantitative estimate of drug-likeness (QED) is 0.886. The van der Waals surface area contributed by atoms with Crippen LogP contribution in [-0.4, -0.2) is 18.0 Å². The molecule has 1 amide bonds. The van der Waals surface area contributed by atoms with Gasteiger partial charge in [-0.2, -0.15) is 13.2 Å². The smallest absolute Gasteiger partial charge is 0.378 e. The van der Waals surface area contributed by atoms with Gasteiger partial charge < -0.3 is 10.1 Å². The third-order valence-corrected chi connectivity index (χ3v) is 4.03. The maximum Gasteiger partial charge on any atom is 0.416 e. The Morgan fingerprint density at radius 2 is 1.92 bits per heavy atom. The Balaban J connectivity index is 1.63. The number of amides is 1. The summed E-state index contributed by atoms with van der Waals surface area (Å²) in [6.45, 7) is 0.420. The highest BCUT2D eigenvalue weighted by atomic mass is 19.4. The van der Waals surface area contributed by atoms with Gasteiger partial charge in [-0.3, -0.25) is 9.78 Å². The number of fused-ring (bicyclic) bond motifs is 1. The molecule has 0 bridgehead atoms. The fourth-order valence-electron chi connectivity index (χ4n) is 2.79. The number of hydrogen-bond acceptors (Lipinski definition) is 3. The summed E-state index contributed by atoms with van der Waals surface area (Å²) in [5.74, 6) is -0.287. The Kier molecular flexibility index (Phi) is 5.08. The first-order valence-electron chi connectivity index (χ1n) is 8.01. The second-order valence-electron chi connectivity index (χ2n) is 5.97. The van der Waals surface area contributed by atoms with Crippen LogP contribution in [0.1, 0.15) is 28.1 Å². The molecule has 4 nitrogen and oxygen atoms in total. The number of nitrogens with one attached hydrogen (secondary N) is 1. The van der Waals surface area contributed by atoms with Gasteiger partial charge in [-0.25, -0.2) is 0 Å². The number of pyridine rings is 1. The molecule has 0 aliphatic heterocycles. The lowest BCUT2D eigenvalue weighted by Crippen LogP contribution is -2.23. The van der Waals surface area contributed by atoms with Crippen LogP contribution in [0.5, 0.6) is 0 Å². The number of alkyl halides is 3. The van der Waals surface area contributed by atoms with Gasteiger partial charge in [0.1, 0.15) is 0 Å². The van der Waals surface area contributed by atoms with Crippen LogP contribution in [-0.2, 0) is 35.2 Å². The highest BCUT2D eigenvalue weighted by Crippen LogP contribution is 2.29. The molecule has 0 saturated carbocycles. The lowest BCUT2D eigenvalue weighted by atomic mass is 10.1. The van der Waals surface area contributed by atoms with Crippen LogP contribution in [0.4, 0.5) is 13.2 Å². The minimum absolute atomic E-state index is 0.00000265. The van der Waals surface area contributed by atoms with E-state index in [1.54, 1.807) is 7.11 Å². The van der Waals surface area contributed by atoms with Crippen molar-refractivity contribution in [3.8, 4) is 0 Å². The van der Waals surface area contributed by atoms with E-state index >= 15 is 0 Å². The molecule has 1 aromatic heterocycles. The minimum Gasteiger partial charge on any atom is -0.378 e. The maximum absolute atomic E-state index is 12.6. The van der Waals surface area contributed by atoms with Gasteiger partial charge in [0.05, 0.1) is 30.0 Å². The monoisotopic (exact) mass is 362 g/mol. The molecule has 1 N–H and O–H groups in total. The summed E-state index contributed by atoms with van der Waals surface area (Å²) < 4.78 is 42.8. The highest BCUT2D eigenvalue weighted by molar-refractivity contribution is 5.89. The normalized spacial score (nSPS) is 13.3. The van der Waals surface area contributed by atoms with Crippen LogP contribution in [0.15, 0.2) is 42.5 Å². The molecule has 0 fully saturated rings. The Morgan fingerprint density at radius 3 is 2.58 bits per heavy atom. The Labute approximate surface area is 148 Å². The summed E-state index contributed by atoms with van der Waals surface area (Å²) in [5, 5.41) is 2.81. The lowest BCUT2D eigenvalue weighted by molar-refractivity contribution is -0.137. The molecule has 0 saturated heterocycles. The minimum atomic E-state index is -4.38. The number of halogens is 3. The first kappa shape index (κ1) is 18.1. The average Bonchev–Trinajstić information content (AvgIpc) is 2.97. The fraction of sp³-hybridized carbons (Fsp3) is 0.263. The van der Waals surface area contributed by atoms with E-state index in [2.05, 4.69) is 10.3 Å². The van der Waals surface area contributed by atoms with Crippen molar-refractivity contribution >= 4 is 11.6 Å². The molecule has 0 atom stereocenters. The van der Waals surface area contributed by atoms with E-state index in [1.165, 1.54) is 12.1 Å². The largest absolute Gasteiger partial charge is 0.416 e. The van der Waals surface area contributed by atoms with Crippen molar-refractivity contribution in [3.63, 3.8) is 0 Å². The molecule has 0 unspecified atom stereocenters. The molecule has 0 spiro atoms. The number of nitrogens with zero attached hydrogens (tertiary/aromatic N) is 1. The number of rotatable bonds is 5. The molecule has 1 aromatic carbocycles. The lowest BCUT2D eigenvalue weighted by Gasteiger charge is -2.10. The first-order chi connectivity index (χ1) is 12.4. The molecule has 1 heterocycles. The van der Waals surface area contributed by atoms with Crippen molar-refractivity contribution in [2.75, 3.05) is 7.11 Å². The molecule has 7 heteroatoms. The van der Waals surface area contributed by atoms with E-state index in [4.69, 9.17) is 4.74 Å². The molecule has 1 aliphatic carbocycles. The molecule has 26 heavy (non-hydrogen) atoms. The zero-order chi connectivity index (χ0) is 18.7. The van der Waals surface area contributed by atoms with Crippen LogP contribution in [0, 0.1) is 0 Å². The number of benzene rings is 1. The summed E-state index contributed by atoms with van der Waals surface area (Å²) in [7, 11) is 1.60. The van der Waals surface area contributed by atoms with E-state index in [0.29, 0.717) is 24.3 Å². The van der Waals surface area contributed by atoms with Crippen LogP contribution in [0.2, 0.25) is 0 Å². The summed E-state index contributed by atoms with van der Waals surface area (Å²) in [4.78, 5) is 16.7. The molecule has 0 radical (unpaired) electrons. The van der Waals surface area contributed by atoms with Gasteiger partial charge in [-0.15, -0.1) is 0 Å². The van der Waals surface area contributed by atoms with Crippen LogP contribution in [0.25, 0.3) is 5.70 Å². The van der Waals surface area contributed by atoms with Crippen molar-refractivity contribution in [3.05, 3.63) is 70.6 Å². The second-order valence-corrected chi connectivity index (χ2v) is 5.97. The van der Waals surface area contributed by atoms with Gasteiger partial charge in [0, 0.05) is 24.8 Å². The molecule has 136 valence electrons. The standard InChI is InChI=1S/C19H17F3N2O2/c1-26-11-14-6-7-15-16(23-14)8-9-17(15)24-18(25)10-12-2-4-13(5-3-12)19(20,21)22/h2-7,9H,8,10-11H2,1H3,(H,24,25). The maximum atomic E-state index is 12.6. The second kappa shape index (κ2) is 7.29. The number of hydrogen-bond donors (Lipinski definition) is 1. The van der Waals surface area contributed by atoms with E-state index in [1.807, 2.05) is 18.2 Å². The molecular weight excluding hydrogens is 345 g/mol. The van der Waals surface area contributed by atoms with Gasteiger partial charge in [-0.05, 0) is 29.8 Å². The van der Waals surface area contributed by atoms with Crippen LogP contribution < -0.4 is 5.32 Å². The van der Waals surface area contributed by atoms with E-state index in [0.717, 1.165) is 29.1 Å². The van der Waals surface area contributed by atoms with Gasteiger partial charge >= 0.3 is 6.18 Å². The van der Waals surface area contributed by atoms with Gasteiger partial charge in [0.2, 0.25) is 5.91 Å². The number of carbonyl (C=O) groups is 1. The Hall–Kier alpha value is -2.67. The predicted octanol–water partition coefficient (Wildman–Crippen LogP) is 3.50. The summed E-state index contributed by atoms with van der Waals surface area (Å²) in [6.07, 6.45) is -1.89. The van der Waals surface area contributed by atoms with Crippen molar-refractivity contribution in [1.29, 1.82) is 0 Å². The third-order valence-electron chi connectivity index (χ3n) is 4.03. The molecule has 1 aliphatic rings. The van der Waals surface area contributed by atoms with Crippen LogP contribution in [0.3, 0.4) is 0 Å². The summed E-state index contributed by atoms with van der Waals surface area (Å²) >= 11 is 0. The number of allylic oxidation sites excluding steroid dienone is 1. The number of carbonyl (C=O) groups excluding carboxylic acids is 1. The average molecular weight is 362 g/mol. The van der Waals surface area contributed by atoms with E-state index in [-0.39, 0.29) is 12.3 Å². The van der Waals surface area contributed by atoms with E-state index in [9.17, 15) is 18.0 Å². The van der Waals surface area contributed by atoms with Crippen molar-refractivity contribution in [2.45, 2.75) is 25.6 Å². The Bertz CT molecular complexity index is 843. The van der Waals surface area contributed by atoms with Crippen molar-refractivity contribution in [2.24, 2.45) is 0 Å². The van der Waals surface area contributed by atoms with Crippen molar-refractivity contribution < 1.29 is 22.7 Å². The molecule has 3 rings (SSSR count). The van der Waals surface area contributed by atoms with Crippen molar-refractivity contribution in [1.82, 2.24) is 10.3 Å². The van der Waals surface area contributed by atoms with Gasteiger partial charge in [-0.1, -0.05) is 18.2 Å². The summed E-state index contributed by atoms with van der Waals surface area (Å²) in [5.41, 5.74) is 3.00. The molecule has 2 aromatic rings. The topological polar surface area (TPSA) is 51.2 Å². The number of ether oxygens (including phenoxy) is 1. The van der Waals surface area contributed by atoms with Gasteiger partial charge in [0.15, 0.2) is 0 Å². The predicted molar refractivity (Wildman–Crippen MR) is 89.9 cm³/mol. The number of aromatic nitrogens is 1. The van der Waals surface area contributed by atoms with Gasteiger partial charge in [0.25, 0.3) is 0 Å². The zero-order valence-electron chi connectivity index (χ0n) is 14.1. The highest BCUT2D eigenvalue weighted by Gasteiger charge is 2.30. The third kappa shape index (κ3) is 4.11. The summed E-state index contributed by atoms with van der Waals surface area (Å²) in [6, 6.07) is 8.31. The zero-order valence-corrected chi connectivity index (χ0v) is 14.1. The SMILES string of the molecule is COCc1ccc2c(n1)CC=C2NC(=O)Cc1ccc(C(F)(F)F)cc1. The Morgan fingerprint density at radius 1 is 1.19 bits per heavy atom. The van der Waals surface area contributed by atoms with E-state index < -0.39 is 11.7 Å². The number of methoxy groups -OCH3 is 1. The van der Waals surface area contributed by atoms with Crippen LogP contribution >= 0.6 is 0 Å². The first-order valence-corrected chi connectivity index (χ1v) is 8.01. The molecular formula is C19H17F3N2O2. The fourth-order valence-corrected chi connectivity index (χ4v) is 2.79.